The summed E-state index contributed by atoms with van der Waals surface area (Å²) in [6, 6.07) is 13.2. The Hall–Kier alpha value is -2.66. The average Bonchev–Trinajstić information content (AvgIpc) is 2.97. The zero-order valence-electron chi connectivity index (χ0n) is 10.6. The van der Waals surface area contributed by atoms with Crippen molar-refractivity contribution in [3.63, 3.8) is 0 Å². The van der Waals surface area contributed by atoms with Crippen LogP contribution in [0.4, 0.5) is 5.69 Å². The third-order valence-corrected chi connectivity index (χ3v) is 3.15. The molecule has 103 valence electrons. The number of para-hydroxylation sites is 1. The standard InChI is InChI=1S/C15H8ClN2O3/c16-11-7-5-10(6-8-11)15-17-9-14(21-15)12-3-1-2-4-13(12)18(19)20/h1-8H. The number of rotatable bonds is 3. The molecule has 0 atom stereocenters. The van der Waals surface area contributed by atoms with E-state index in [0.717, 1.165) is 5.56 Å². The van der Waals surface area contributed by atoms with Crippen molar-refractivity contribution in [1.29, 1.82) is 0 Å². The summed E-state index contributed by atoms with van der Waals surface area (Å²) in [7, 11) is 0. The Kier molecular flexibility index (Phi) is 3.41. The van der Waals surface area contributed by atoms with Crippen molar-refractivity contribution >= 4 is 17.3 Å². The molecule has 0 spiro atoms. The molecule has 3 aromatic rings. The molecule has 0 amide bonds. The molecule has 0 aliphatic heterocycles. The number of hydrogen-bond donors (Lipinski definition) is 0. The van der Waals surface area contributed by atoms with Gasteiger partial charge in [-0.2, -0.15) is 0 Å². The maximum atomic E-state index is 11.0. The van der Waals surface area contributed by atoms with Crippen molar-refractivity contribution in [3.8, 4) is 22.8 Å². The third kappa shape index (κ3) is 2.64. The van der Waals surface area contributed by atoms with E-state index in [1.807, 2.05) is 0 Å². The molecule has 0 saturated carbocycles. The smallest absolute Gasteiger partial charge is 0.280 e. The van der Waals surface area contributed by atoms with E-state index in [0.29, 0.717) is 16.5 Å². The quantitative estimate of drug-likeness (QED) is 0.532. The Morgan fingerprint density at radius 2 is 1.86 bits per heavy atom. The summed E-state index contributed by atoms with van der Waals surface area (Å²) in [6.45, 7) is 0. The fourth-order valence-electron chi connectivity index (χ4n) is 1.90. The summed E-state index contributed by atoms with van der Waals surface area (Å²) >= 11 is 5.82. The van der Waals surface area contributed by atoms with Gasteiger partial charge in [0.25, 0.3) is 5.69 Å². The van der Waals surface area contributed by atoms with E-state index < -0.39 is 4.92 Å². The van der Waals surface area contributed by atoms with E-state index in [2.05, 4.69) is 11.2 Å². The van der Waals surface area contributed by atoms with Gasteiger partial charge in [0, 0.05) is 16.7 Å². The highest BCUT2D eigenvalue weighted by atomic mass is 35.5. The van der Waals surface area contributed by atoms with Gasteiger partial charge in [-0.15, -0.1) is 0 Å². The van der Waals surface area contributed by atoms with Gasteiger partial charge in [0.1, 0.15) is 6.20 Å². The molecule has 3 rings (SSSR count). The molecule has 2 aromatic carbocycles. The first-order valence-electron chi connectivity index (χ1n) is 6.03. The summed E-state index contributed by atoms with van der Waals surface area (Å²) < 4.78 is 5.57. The molecule has 21 heavy (non-hydrogen) atoms. The minimum atomic E-state index is -0.465. The van der Waals surface area contributed by atoms with Gasteiger partial charge in [-0.25, -0.2) is 4.98 Å². The molecule has 0 bridgehead atoms. The topological polar surface area (TPSA) is 69.2 Å². The lowest BCUT2D eigenvalue weighted by Gasteiger charge is -1.98. The van der Waals surface area contributed by atoms with Gasteiger partial charge in [0.05, 0.1) is 10.5 Å². The van der Waals surface area contributed by atoms with Crippen molar-refractivity contribution in [3.05, 3.63) is 69.9 Å². The molecule has 0 fully saturated rings. The zero-order chi connectivity index (χ0) is 14.8. The molecule has 0 N–H and O–H groups in total. The molecule has 6 heteroatoms. The summed E-state index contributed by atoms with van der Waals surface area (Å²) in [4.78, 5) is 14.6. The number of nitro benzene ring substituents is 1. The summed E-state index contributed by atoms with van der Waals surface area (Å²) in [6.07, 6.45) is 2.68. The lowest BCUT2D eigenvalue weighted by Crippen LogP contribution is -1.90. The number of nitrogens with zero attached hydrogens (tertiary/aromatic N) is 2. The van der Waals surface area contributed by atoms with Crippen LogP contribution in [0, 0.1) is 16.3 Å². The van der Waals surface area contributed by atoms with Gasteiger partial charge in [0.15, 0.2) is 5.76 Å². The van der Waals surface area contributed by atoms with Gasteiger partial charge in [-0.1, -0.05) is 23.7 Å². The maximum Gasteiger partial charge on any atom is 0.280 e. The van der Waals surface area contributed by atoms with E-state index in [1.54, 1.807) is 42.5 Å². The Morgan fingerprint density at radius 1 is 1.14 bits per heavy atom. The van der Waals surface area contributed by atoms with Crippen LogP contribution in [0.2, 0.25) is 5.02 Å². The number of oxazole rings is 1. The second-order valence-corrected chi connectivity index (χ2v) is 4.68. The van der Waals surface area contributed by atoms with Crippen LogP contribution in [0.1, 0.15) is 0 Å². The van der Waals surface area contributed by atoms with Gasteiger partial charge >= 0.3 is 0 Å². The number of halogens is 1. The fourth-order valence-corrected chi connectivity index (χ4v) is 2.03. The third-order valence-electron chi connectivity index (χ3n) is 2.89. The Bertz CT molecular complexity index is 797. The number of benzene rings is 2. The molecule has 1 heterocycles. The van der Waals surface area contributed by atoms with Gasteiger partial charge in [0.2, 0.25) is 5.89 Å². The van der Waals surface area contributed by atoms with Crippen molar-refractivity contribution in [2.24, 2.45) is 0 Å². The first kappa shape index (κ1) is 13.3. The maximum absolute atomic E-state index is 11.0. The molecular formula is C15H8ClN2O3. The fraction of sp³-hybridized carbons (Fsp3) is 0. The monoisotopic (exact) mass is 299 g/mol. The van der Waals surface area contributed by atoms with Gasteiger partial charge in [-0.3, -0.25) is 10.1 Å². The number of aromatic nitrogens is 1. The van der Waals surface area contributed by atoms with E-state index in [1.165, 1.54) is 6.07 Å². The molecule has 0 unspecified atom stereocenters. The van der Waals surface area contributed by atoms with E-state index in [9.17, 15) is 10.1 Å². The SMILES string of the molecule is O=[N+]([O-])c1ccccc1-c1[c]nc(-c2ccc(Cl)cc2)o1. The lowest BCUT2D eigenvalue weighted by molar-refractivity contribution is -0.384. The number of nitro groups is 1. The Morgan fingerprint density at radius 3 is 2.57 bits per heavy atom. The van der Waals surface area contributed by atoms with Crippen LogP contribution in [0.5, 0.6) is 0 Å². The van der Waals surface area contributed by atoms with Crippen LogP contribution >= 0.6 is 11.6 Å². The van der Waals surface area contributed by atoms with E-state index in [-0.39, 0.29) is 11.4 Å². The minimum absolute atomic E-state index is 0.0486. The van der Waals surface area contributed by atoms with Crippen molar-refractivity contribution in [2.75, 3.05) is 0 Å². The van der Waals surface area contributed by atoms with Crippen molar-refractivity contribution in [1.82, 2.24) is 4.98 Å². The molecule has 0 aliphatic rings. The molecule has 5 nitrogen and oxygen atoms in total. The largest absolute Gasteiger partial charge is 0.435 e. The average molecular weight is 300 g/mol. The Labute approximate surface area is 125 Å². The highest BCUT2D eigenvalue weighted by molar-refractivity contribution is 6.30. The zero-order valence-corrected chi connectivity index (χ0v) is 11.4. The summed E-state index contributed by atoms with van der Waals surface area (Å²) in [5.41, 5.74) is 1.02. The first-order valence-corrected chi connectivity index (χ1v) is 6.41. The minimum Gasteiger partial charge on any atom is -0.435 e. The predicted molar refractivity (Wildman–Crippen MR) is 77.9 cm³/mol. The molecular weight excluding hydrogens is 292 g/mol. The van der Waals surface area contributed by atoms with Crippen LogP contribution in [0.15, 0.2) is 52.9 Å². The van der Waals surface area contributed by atoms with Crippen LogP contribution < -0.4 is 0 Å². The van der Waals surface area contributed by atoms with E-state index in [4.69, 9.17) is 16.0 Å². The van der Waals surface area contributed by atoms with E-state index >= 15 is 0 Å². The highest BCUT2D eigenvalue weighted by Crippen LogP contribution is 2.32. The molecule has 0 aliphatic carbocycles. The van der Waals surface area contributed by atoms with Crippen molar-refractivity contribution < 1.29 is 9.34 Å². The summed E-state index contributed by atoms with van der Waals surface area (Å²) in [5, 5.41) is 11.6. The van der Waals surface area contributed by atoms with Crippen LogP contribution in [-0.2, 0) is 0 Å². The summed E-state index contributed by atoms with van der Waals surface area (Å²) in [5.74, 6) is 0.562. The molecule has 0 saturated heterocycles. The van der Waals surface area contributed by atoms with Crippen molar-refractivity contribution in [2.45, 2.75) is 0 Å². The second kappa shape index (κ2) is 5.38. The highest BCUT2D eigenvalue weighted by Gasteiger charge is 2.18. The van der Waals surface area contributed by atoms with Crippen LogP contribution in [-0.4, -0.2) is 9.91 Å². The second-order valence-electron chi connectivity index (χ2n) is 4.24. The van der Waals surface area contributed by atoms with Crippen LogP contribution in [0.3, 0.4) is 0 Å². The number of hydrogen-bond acceptors (Lipinski definition) is 4. The lowest BCUT2D eigenvalue weighted by atomic mass is 10.1. The first-order chi connectivity index (χ1) is 10.1. The van der Waals surface area contributed by atoms with Gasteiger partial charge < -0.3 is 4.42 Å². The molecule has 1 aromatic heterocycles. The Balaban J connectivity index is 2.03. The van der Waals surface area contributed by atoms with Crippen LogP contribution in [0.25, 0.3) is 22.8 Å². The van der Waals surface area contributed by atoms with Gasteiger partial charge in [-0.05, 0) is 30.3 Å². The predicted octanol–water partition coefficient (Wildman–Crippen LogP) is 4.37. The molecule has 1 radical (unpaired) electrons. The normalized spacial score (nSPS) is 10.5.